The van der Waals surface area contributed by atoms with Gasteiger partial charge in [0.15, 0.2) is 11.5 Å². The molecule has 1 fully saturated rings. The SMILES string of the molecule is CCOc1nc(N(C)C2CCNCC2C)ncc1C(=O)Nc1cc(F)c2nc(C)cn2c1. The first-order valence-corrected chi connectivity index (χ1v) is 10.8. The Kier molecular flexibility index (Phi) is 6.22. The number of amides is 1. The Morgan fingerprint density at radius 3 is 2.97 bits per heavy atom. The van der Waals surface area contributed by atoms with E-state index in [0.717, 1.165) is 19.5 Å². The van der Waals surface area contributed by atoms with Crippen LogP contribution in [0, 0.1) is 18.7 Å². The quantitative estimate of drug-likeness (QED) is 0.607. The Morgan fingerprint density at radius 1 is 1.41 bits per heavy atom. The van der Waals surface area contributed by atoms with Crippen LogP contribution in [0.2, 0.25) is 0 Å². The van der Waals surface area contributed by atoms with Crippen molar-refractivity contribution in [2.75, 3.05) is 37.0 Å². The monoisotopic (exact) mass is 441 g/mol. The number of carbonyl (C=O) groups excluding carboxylic acids is 1. The van der Waals surface area contributed by atoms with E-state index >= 15 is 0 Å². The van der Waals surface area contributed by atoms with Gasteiger partial charge in [-0.05, 0) is 39.3 Å². The third-order valence-corrected chi connectivity index (χ3v) is 5.70. The van der Waals surface area contributed by atoms with Crippen molar-refractivity contribution in [3.8, 4) is 5.88 Å². The zero-order valence-electron chi connectivity index (χ0n) is 18.7. The van der Waals surface area contributed by atoms with Crippen molar-refractivity contribution >= 4 is 23.2 Å². The van der Waals surface area contributed by atoms with E-state index in [9.17, 15) is 9.18 Å². The number of imidazole rings is 1. The van der Waals surface area contributed by atoms with Crippen LogP contribution in [0.3, 0.4) is 0 Å². The van der Waals surface area contributed by atoms with E-state index in [0.29, 0.717) is 35.9 Å². The summed E-state index contributed by atoms with van der Waals surface area (Å²) in [5.74, 6) is 0.139. The first-order chi connectivity index (χ1) is 15.4. The fourth-order valence-electron chi connectivity index (χ4n) is 4.10. The zero-order chi connectivity index (χ0) is 22.8. The molecule has 170 valence electrons. The van der Waals surface area contributed by atoms with Gasteiger partial charge >= 0.3 is 0 Å². The maximum Gasteiger partial charge on any atom is 0.262 e. The molecule has 3 aromatic heterocycles. The molecule has 10 heteroatoms. The zero-order valence-corrected chi connectivity index (χ0v) is 18.7. The summed E-state index contributed by atoms with van der Waals surface area (Å²) in [5, 5.41) is 6.10. The number of ether oxygens (including phenoxy) is 1. The molecule has 0 aromatic carbocycles. The minimum atomic E-state index is -0.523. The highest BCUT2D eigenvalue weighted by molar-refractivity contribution is 6.05. The Balaban J connectivity index is 1.59. The summed E-state index contributed by atoms with van der Waals surface area (Å²) in [6.07, 6.45) is 5.74. The average Bonchev–Trinajstić information content (AvgIpc) is 3.14. The normalized spacial score (nSPS) is 18.5. The minimum Gasteiger partial charge on any atom is -0.477 e. The van der Waals surface area contributed by atoms with E-state index in [-0.39, 0.29) is 17.1 Å². The van der Waals surface area contributed by atoms with E-state index in [1.807, 2.05) is 18.9 Å². The molecular formula is C22H28FN7O2. The molecule has 2 unspecified atom stereocenters. The van der Waals surface area contributed by atoms with Crippen LogP contribution in [-0.2, 0) is 0 Å². The second-order valence-electron chi connectivity index (χ2n) is 8.11. The van der Waals surface area contributed by atoms with Crippen LogP contribution >= 0.6 is 0 Å². The van der Waals surface area contributed by atoms with Gasteiger partial charge in [-0.25, -0.2) is 14.4 Å². The number of nitrogens with zero attached hydrogens (tertiary/aromatic N) is 5. The highest BCUT2D eigenvalue weighted by Crippen LogP contribution is 2.25. The summed E-state index contributed by atoms with van der Waals surface area (Å²) >= 11 is 0. The van der Waals surface area contributed by atoms with Crippen molar-refractivity contribution in [2.24, 2.45) is 5.92 Å². The number of carbonyl (C=O) groups is 1. The highest BCUT2D eigenvalue weighted by Gasteiger charge is 2.27. The molecule has 0 bridgehead atoms. The molecule has 1 aliphatic heterocycles. The number of halogens is 1. The molecule has 0 spiro atoms. The smallest absolute Gasteiger partial charge is 0.262 e. The molecule has 4 rings (SSSR count). The first-order valence-electron chi connectivity index (χ1n) is 10.8. The molecule has 0 saturated carbocycles. The molecule has 9 nitrogen and oxygen atoms in total. The molecule has 0 aliphatic carbocycles. The molecule has 1 aliphatic rings. The van der Waals surface area contributed by atoms with Crippen LogP contribution in [0.25, 0.3) is 5.65 Å². The number of aryl methyl sites for hydroxylation is 1. The van der Waals surface area contributed by atoms with E-state index in [2.05, 4.69) is 32.5 Å². The molecule has 4 heterocycles. The Hall–Kier alpha value is -3.27. The summed E-state index contributed by atoms with van der Waals surface area (Å²) in [4.78, 5) is 28.1. The standard InChI is InChI=1S/C22H28FN7O2/c1-5-32-21-16(10-25-22(28-21)29(4)18-6-7-24-9-13(18)2)20(31)27-15-8-17(23)19-26-14(3)11-30(19)12-15/h8,10-13,18,24H,5-7,9H2,1-4H3,(H,27,31). The molecule has 32 heavy (non-hydrogen) atoms. The number of pyridine rings is 1. The third kappa shape index (κ3) is 4.36. The van der Waals surface area contributed by atoms with Gasteiger partial charge in [0.2, 0.25) is 11.8 Å². The molecule has 1 amide bonds. The topological polar surface area (TPSA) is 96.7 Å². The lowest BCUT2D eigenvalue weighted by atomic mass is 9.94. The Labute approximate surface area is 186 Å². The van der Waals surface area contributed by atoms with Crippen LogP contribution in [0.5, 0.6) is 5.88 Å². The lowest BCUT2D eigenvalue weighted by Crippen LogP contribution is -2.47. The molecule has 0 radical (unpaired) electrons. The van der Waals surface area contributed by atoms with Crippen LogP contribution < -0.4 is 20.3 Å². The maximum atomic E-state index is 14.4. The fraction of sp³-hybridized carbons (Fsp3) is 0.455. The summed E-state index contributed by atoms with van der Waals surface area (Å²) in [6.45, 7) is 8.02. The lowest BCUT2D eigenvalue weighted by Gasteiger charge is -2.36. The van der Waals surface area contributed by atoms with Gasteiger partial charge in [0.25, 0.3) is 5.91 Å². The number of fused-ring (bicyclic) bond motifs is 1. The van der Waals surface area contributed by atoms with E-state index < -0.39 is 11.7 Å². The van der Waals surface area contributed by atoms with E-state index in [1.54, 1.807) is 23.7 Å². The van der Waals surface area contributed by atoms with Crippen molar-refractivity contribution in [1.82, 2.24) is 24.7 Å². The number of aromatic nitrogens is 4. The Morgan fingerprint density at radius 2 is 2.22 bits per heavy atom. The fourth-order valence-corrected chi connectivity index (χ4v) is 4.10. The van der Waals surface area contributed by atoms with E-state index in [4.69, 9.17) is 4.74 Å². The minimum absolute atomic E-state index is 0.185. The molecule has 2 N–H and O–H groups in total. The van der Waals surface area contributed by atoms with Crippen LogP contribution in [0.15, 0.2) is 24.7 Å². The van der Waals surface area contributed by atoms with Crippen molar-refractivity contribution in [2.45, 2.75) is 33.2 Å². The summed E-state index contributed by atoms with van der Waals surface area (Å²) < 4.78 is 21.6. The van der Waals surface area contributed by atoms with Gasteiger partial charge in [-0.15, -0.1) is 0 Å². The lowest BCUT2D eigenvalue weighted by molar-refractivity contribution is 0.102. The maximum absolute atomic E-state index is 14.4. The predicted octanol–water partition coefficient (Wildman–Crippen LogP) is 2.66. The second-order valence-corrected chi connectivity index (χ2v) is 8.11. The molecule has 1 saturated heterocycles. The van der Waals surface area contributed by atoms with Gasteiger partial charge in [0.1, 0.15) is 5.56 Å². The van der Waals surface area contributed by atoms with Crippen LogP contribution in [-0.4, -0.2) is 58.0 Å². The first kappa shape index (κ1) is 21.9. The van der Waals surface area contributed by atoms with Crippen molar-refractivity contribution in [1.29, 1.82) is 0 Å². The van der Waals surface area contributed by atoms with Crippen LogP contribution in [0.4, 0.5) is 16.0 Å². The molecular weight excluding hydrogens is 413 g/mol. The second kappa shape index (κ2) is 9.07. The number of piperidine rings is 1. The van der Waals surface area contributed by atoms with Crippen LogP contribution in [0.1, 0.15) is 36.3 Å². The summed E-state index contributed by atoms with van der Waals surface area (Å²) in [6, 6.07) is 1.53. The van der Waals surface area contributed by atoms with Gasteiger partial charge in [-0.2, -0.15) is 4.98 Å². The average molecular weight is 442 g/mol. The third-order valence-electron chi connectivity index (χ3n) is 5.70. The summed E-state index contributed by atoms with van der Waals surface area (Å²) in [7, 11) is 1.96. The van der Waals surface area contributed by atoms with E-state index in [1.165, 1.54) is 12.3 Å². The Bertz CT molecular complexity index is 1130. The molecule has 2 atom stereocenters. The van der Waals surface area contributed by atoms with Crippen molar-refractivity contribution in [3.05, 3.63) is 41.7 Å². The molecule has 3 aromatic rings. The van der Waals surface area contributed by atoms with Gasteiger partial charge < -0.3 is 24.7 Å². The number of rotatable bonds is 6. The highest BCUT2D eigenvalue weighted by atomic mass is 19.1. The van der Waals surface area contributed by atoms with Gasteiger partial charge in [0, 0.05) is 37.7 Å². The van der Waals surface area contributed by atoms with Gasteiger partial charge in [-0.3, -0.25) is 4.79 Å². The predicted molar refractivity (Wildman–Crippen MR) is 120 cm³/mol. The number of nitrogens with one attached hydrogen (secondary N) is 2. The van der Waals surface area contributed by atoms with Crippen molar-refractivity contribution < 1.29 is 13.9 Å². The number of hydrogen-bond donors (Lipinski definition) is 2. The van der Waals surface area contributed by atoms with Gasteiger partial charge in [0.05, 0.1) is 18.0 Å². The summed E-state index contributed by atoms with van der Waals surface area (Å²) in [5.41, 5.74) is 1.37. The van der Waals surface area contributed by atoms with Crippen molar-refractivity contribution in [3.63, 3.8) is 0 Å². The number of hydrogen-bond acceptors (Lipinski definition) is 7. The van der Waals surface area contributed by atoms with Gasteiger partial charge in [-0.1, -0.05) is 6.92 Å². The number of anilines is 2. The largest absolute Gasteiger partial charge is 0.477 e.